The number of aliphatic hydroxyl groups is 1. The van der Waals surface area contributed by atoms with Crippen LogP contribution >= 0.6 is 0 Å². The highest BCUT2D eigenvalue weighted by molar-refractivity contribution is 7.89. The van der Waals surface area contributed by atoms with E-state index in [1.165, 1.54) is 11.6 Å². The van der Waals surface area contributed by atoms with E-state index in [0.717, 1.165) is 18.2 Å². The van der Waals surface area contributed by atoms with Crippen LogP contribution in [-0.2, 0) is 14.8 Å². The Morgan fingerprint density at radius 2 is 2.00 bits per heavy atom. The SMILES string of the molecule is CC(=O)Nc1ccc(S(=O)(=O)NCC(F)(F)CO)c(F)c1. The molecule has 0 atom stereocenters. The Bertz CT molecular complexity index is 634. The molecule has 0 unspecified atom stereocenters. The number of sulfonamides is 1. The minimum atomic E-state index is -4.51. The number of carbonyl (C=O) groups is 1. The summed E-state index contributed by atoms with van der Waals surface area (Å²) in [6, 6.07) is 2.70. The molecular weight excluding hydrogens is 313 g/mol. The molecule has 21 heavy (non-hydrogen) atoms. The minimum absolute atomic E-state index is 0.0274. The van der Waals surface area contributed by atoms with Crippen LogP contribution in [0.1, 0.15) is 6.92 Å². The molecule has 0 fully saturated rings. The van der Waals surface area contributed by atoms with Gasteiger partial charge in [0, 0.05) is 12.6 Å². The van der Waals surface area contributed by atoms with Crippen LogP contribution in [0.25, 0.3) is 0 Å². The van der Waals surface area contributed by atoms with Crippen LogP contribution in [0.4, 0.5) is 18.9 Å². The van der Waals surface area contributed by atoms with E-state index in [-0.39, 0.29) is 5.69 Å². The first-order chi connectivity index (χ1) is 9.57. The maximum absolute atomic E-state index is 13.7. The summed E-state index contributed by atoms with van der Waals surface area (Å²) in [7, 11) is -4.51. The van der Waals surface area contributed by atoms with Crippen molar-refractivity contribution < 1.29 is 31.5 Å². The lowest BCUT2D eigenvalue weighted by atomic mass is 10.3. The number of anilines is 1. The number of carbonyl (C=O) groups excluding carboxylic acids is 1. The van der Waals surface area contributed by atoms with Crippen LogP contribution in [0.3, 0.4) is 0 Å². The summed E-state index contributed by atoms with van der Waals surface area (Å²) in [5, 5.41) is 10.6. The summed E-state index contributed by atoms with van der Waals surface area (Å²) in [6.07, 6.45) is 0. The second kappa shape index (κ2) is 6.41. The second-order valence-corrected chi connectivity index (χ2v) is 5.90. The predicted molar refractivity (Wildman–Crippen MR) is 67.9 cm³/mol. The molecule has 3 N–H and O–H groups in total. The number of hydrogen-bond donors (Lipinski definition) is 3. The third kappa shape index (κ3) is 4.99. The van der Waals surface area contributed by atoms with Gasteiger partial charge in [0.05, 0.1) is 6.54 Å². The zero-order valence-corrected chi connectivity index (χ0v) is 11.7. The van der Waals surface area contributed by atoms with Gasteiger partial charge in [-0.1, -0.05) is 0 Å². The maximum Gasteiger partial charge on any atom is 0.283 e. The van der Waals surface area contributed by atoms with E-state index in [1.807, 2.05) is 0 Å². The summed E-state index contributed by atoms with van der Waals surface area (Å²) < 4.78 is 64.2. The molecule has 0 radical (unpaired) electrons. The number of nitrogens with one attached hydrogen (secondary N) is 2. The topological polar surface area (TPSA) is 95.5 Å². The lowest BCUT2D eigenvalue weighted by Gasteiger charge is -2.14. The van der Waals surface area contributed by atoms with Gasteiger partial charge in [-0.05, 0) is 18.2 Å². The van der Waals surface area contributed by atoms with Gasteiger partial charge < -0.3 is 10.4 Å². The summed E-state index contributed by atoms with van der Waals surface area (Å²) in [5.74, 6) is -5.34. The molecule has 118 valence electrons. The zero-order chi connectivity index (χ0) is 16.3. The zero-order valence-electron chi connectivity index (χ0n) is 10.9. The third-order valence-corrected chi connectivity index (χ3v) is 3.73. The Morgan fingerprint density at radius 1 is 1.38 bits per heavy atom. The van der Waals surface area contributed by atoms with Gasteiger partial charge in [0.15, 0.2) is 0 Å². The standard InChI is InChI=1S/C11H13F3N2O4S/c1-7(18)16-8-2-3-10(9(12)4-8)21(19,20)15-5-11(13,14)6-17/h2-4,15,17H,5-6H2,1H3,(H,16,18). The summed E-state index contributed by atoms with van der Waals surface area (Å²) in [5.41, 5.74) is 0.0274. The molecule has 0 spiro atoms. The fourth-order valence-electron chi connectivity index (χ4n) is 1.33. The minimum Gasteiger partial charge on any atom is -0.390 e. The molecular formula is C11H13F3N2O4S. The molecule has 6 nitrogen and oxygen atoms in total. The number of alkyl halides is 2. The number of benzene rings is 1. The van der Waals surface area contributed by atoms with Crippen molar-refractivity contribution in [2.45, 2.75) is 17.7 Å². The van der Waals surface area contributed by atoms with Gasteiger partial charge in [0.1, 0.15) is 17.3 Å². The molecule has 0 bridgehead atoms. The van der Waals surface area contributed by atoms with E-state index in [1.54, 1.807) is 0 Å². The molecule has 1 amide bonds. The van der Waals surface area contributed by atoms with Crippen LogP contribution in [0, 0.1) is 5.82 Å². The first-order valence-electron chi connectivity index (χ1n) is 5.63. The summed E-state index contributed by atoms with van der Waals surface area (Å²) >= 11 is 0. The fourth-order valence-corrected chi connectivity index (χ4v) is 2.45. The Labute approximate surface area is 119 Å². The number of halogens is 3. The van der Waals surface area contributed by atoms with E-state index < -0.39 is 45.7 Å². The van der Waals surface area contributed by atoms with Crippen molar-refractivity contribution in [3.8, 4) is 0 Å². The molecule has 1 rings (SSSR count). The highest BCUT2D eigenvalue weighted by Gasteiger charge is 2.31. The molecule has 0 heterocycles. The van der Waals surface area contributed by atoms with Crippen molar-refractivity contribution in [2.24, 2.45) is 0 Å². The van der Waals surface area contributed by atoms with Crippen LogP contribution in [-0.4, -0.2) is 38.5 Å². The largest absolute Gasteiger partial charge is 0.390 e. The third-order valence-electron chi connectivity index (χ3n) is 2.29. The van der Waals surface area contributed by atoms with Gasteiger partial charge in [0.25, 0.3) is 5.92 Å². The highest BCUT2D eigenvalue weighted by Crippen LogP contribution is 2.20. The lowest BCUT2D eigenvalue weighted by molar-refractivity contribution is -0.114. The first kappa shape index (κ1) is 17.4. The lowest BCUT2D eigenvalue weighted by Crippen LogP contribution is -2.39. The fraction of sp³-hybridized carbons (Fsp3) is 0.364. The van der Waals surface area contributed by atoms with E-state index in [9.17, 15) is 26.4 Å². The van der Waals surface area contributed by atoms with Crippen molar-refractivity contribution in [1.82, 2.24) is 4.72 Å². The molecule has 0 aliphatic carbocycles. The normalized spacial score (nSPS) is 12.2. The second-order valence-electron chi connectivity index (χ2n) is 4.17. The van der Waals surface area contributed by atoms with Gasteiger partial charge in [-0.25, -0.2) is 26.3 Å². The average molecular weight is 326 g/mol. The highest BCUT2D eigenvalue weighted by atomic mass is 32.2. The Morgan fingerprint density at radius 3 is 2.48 bits per heavy atom. The molecule has 0 aliphatic rings. The molecule has 0 aliphatic heterocycles. The summed E-state index contributed by atoms with van der Waals surface area (Å²) in [6.45, 7) is -1.72. The van der Waals surface area contributed by atoms with Crippen LogP contribution in [0.2, 0.25) is 0 Å². The van der Waals surface area contributed by atoms with Gasteiger partial charge in [-0.15, -0.1) is 0 Å². The first-order valence-corrected chi connectivity index (χ1v) is 7.11. The van der Waals surface area contributed by atoms with Crippen molar-refractivity contribution in [3.05, 3.63) is 24.0 Å². The van der Waals surface area contributed by atoms with E-state index >= 15 is 0 Å². The Hall–Kier alpha value is -1.65. The number of hydrogen-bond acceptors (Lipinski definition) is 4. The van der Waals surface area contributed by atoms with Gasteiger partial charge in [-0.2, -0.15) is 0 Å². The molecule has 10 heteroatoms. The molecule has 0 saturated heterocycles. The predicted octanol–water partition coefficient (Wildman–Crippen LogP) is 0.690. The molecule has 0 aromatic heterocycles. The van der Waals surface area contributed by atoms with Crippen molar-refractivity contribution in [3.63, 3.8) is 0 Å². The van der Waals surface area contributed by atoms with Crippen LogP contribution < -0.4 is 10.0 Å². The smallest absolute Gasteiger partial charge is 0.283 e. The summed E-state index contributed by atoms with van der Waals surface area (Å²) in [4.78, 5) is 9.94. The van der Waals surface area contributed by atoms with Gasteiger partial charge in [-0.3, -0.25) is 4.79 Å². The van der Waals surface area contributed by atoms with Crippen molar-refractivity contribution in [2.75, 3.05) is 18.5 Å². The number of aliphatic hydroxyl groups excluding tert-OH is 1. The van der Waals surface area contributed by atoms with E-state index in [2.05, 4.69) is 5.32 Å². The number of rotatable bonds is 6. The maximum atomic E-state index is 13.7. The van der Waals surface area contributed by atoms with Gasteiger partial charge in [0.2, 0.25) is 15.9 Å². The quantitative estimate of drug-likeness (QED) is 0.717. The van der Waals surface area contributed by atoms with Crippen molar-refractivity contribution in [1.29, 1.82) is 0 Å². The Kier molecular flexibility index (Phi) is 5.31. The molecule has 1 aromatic carbocycles. The monoisotopic (exact) mass is 326 g/mol. The van der Waals surface area contributed by atoms with Gasteiger partial charge >= 0.3 is 0 Å². The number of amides is 1. The molecule has 1 aromatic rings. The van der Waals surface area contributed by atoms with E-state index in [4.69, 9.17) is 5.11 Å². The van der Waals surface area contributed by atoms with Crippen LogP contribution in [0.15, 0.2) is 23.1 Å². The van der Waals surface area contributed by atoms with E-state index in [0.29, 0.717) is 0 Å². The van der Waals surface area contributed by atoms with Crippen LogP contribution in [0.5, 0.6) is 0 Å². The van der Waals surface area contributed by atoms with Crippen molar-refractivity contribution >= 4 is 21.6 Å². The average Bonchev–Trinajstić information content (AvgIpc) is 2.36. The Balaban J connectivity index is 2.96. The molecule has 0 saturated carbocycles.